The van der Waals surface area contributed by atoms with Crippen LogP contribution in [0.15, 0.2) is 10.9 Å². The SMILES string of the molecule is O=c1cc2c(nn1CCN1CCCCC1CNc1nc3c(s1)CCC3)CCOC2. The Bertz CT molecular complexity index is 903. The molecule has 0 aromatic carbocycles. The van der Waals surface area contributed by atoms with Crippen molar-refractivity contribution in [2.45, 2.75) is 64.1 Å². The van der Waals surface area contributed by atoms with Crippen LogP contribution < -0.4 is 10.9 Å². The average Bonchev–Trinajstić information content (AvgIpc) is 3.33. The topological polar surface area (TPSA) is 72.3 Å². The number of aryl methyl sites for hydroxylation is 2. The van der Waals surface area contributed by atoms with Gasteiger partial charge in [0.2, 0.25) is 0 Å². The van der Waals surface area contributed by atoms with Crippen LogP contribution in [-0.2, 0) is 37.2 Å². The number of ether oxygens (including phenoxy) is 1. The molecule has 2 aliphatic heterocycles. The first kappa shape index (κ1) is 19.2. The highest BCUT2D eigenvalue weighted by molar-refractivity contribution is 7.15. The lowest BCUT2D eigenvalue weighted by Gasteiger charge is -2.35. The Hall–Kier alpha value is -1.77. The van der Waals surface area contributed by atoms with Crippen LogP contribution in [0.25, 0.3) is 0 Å². The number of anilines is 1. The minimum Gasteiger partial charge on any atom is -0.376 e. The zero-order chi connectivity index (χ0) is 19.6. The van der Waals surface area contributed by atoms with E-state index in [9.17, 15) is 4.79 Å². The fourth-order valence-corrected chi connectivity index (χ4v) is 5.75. The summed E-state index contributed by atoms with van der Waals surface area (Å²) in [6.45, 7) is 4.74. The van der Waals surface area contributed by atoms with Gasteiger partial charge in [0.15, 0.2) is 5.13 Å². The van der Waals surface area contributed by atoms with E-state index >= 15 is 0 Å². The molecular weight excluding hydrogens is 386 g/mol. The molecule has 0 radical (unpaired) electrons. The van der Waals surface area contributed by atoms with Crippen molar-refractivity contribution in [2.75, 3.05) is 31.6 Å². The number of hydrogen-bond donors (Lipinski definition) is 1. The maximum atomic E-state index is 12.4. The summed E-state index contributed by atoms with van der Waals surface area (Å²) < 4.78 is 7.08. The van der Waals surface area contributed by atoms with Gasteiger partial charge in [-0.1, -0.05) is 6.42 Å². The van der Waals surface area contributed by atoms with Gasteiger partial charge in [-0.3, -0.25) is 9.69 Å². The summed E-state index contributed by atoms with van der Waals surface area (Å²) in [7, 11) is 0. The van der Waals surface area contributed by atoms with E-state index in [1.165, 1.54) is 42.7 Å². The predicted octanol–water partition coefficient (Wildman–Crippen LogP) is 2.23. The lowest BCUT2D eigenvalue weighted by Crippen LogP contribution is -2.45. The number of rotatable bonds is 6. The van der Waals surface area contributed by atoms with Gasteiger partial charge in [-0.05, 0) is 38.6 Å². The maximum Gasteiger partial charge on any atom is 0.267 e. The molecule has 8 heteroatoms. The molecule has 1 atom stereocenters. The van der Waals surface area contributed by atoms with Crippen LogP contribution in [0.3, 0.4) is 0 Å². The Morgan fingerprint density at radius 2 is 2.14 bits per heavy atom. The molecule has 0 spiro atoms. The van der Waals surface area contributed by atoms with Gasteiger partial charge in [-0.2, -0.15) is 5.10 Å². The van der Waals surface area contributed by atoms with Crippen LogP contribution in [-0.4, -0.2) is 51.9 Å². The summed E-state index contributed by atoms with van der Waals surface area (Å²) in [4.78, 5) is 21.2. The fraction of sp³-hybridized carbons (Fsp3) is 0.667. The minimum absolute atomic E-state index is 0.0155. The highest BCUT2D eigenvalue weighted by atomic mass is 32.1. The van der Waals surface area contributed by atoms with E-state index in [2.05, 4.69) is 15.3 Å². The summed E-state index contributed by atoms with van der Waals surface area (Å²) >= 11 is 1.83. The number of nitrogens with one attached hydrogen (secondary N) is 1. The van der Waals surface area contributed by atoms with Gasteiger partial charge in [0, 0.05) is 42.1 Å². The van der Waals surface area contributed by atoms with Gasteiger partial charge in [0.1, 0.15) is 0 Å². The van der Waals surface area contributed by atoms with Crippen molar-refractivity contribution in [3.8, 4) is 0 Å². The quantitative estimate of drug-likeness (QED) is 0.780. The zero-order valence-corrected chi connectivity index (χ0v) is 17.7. The second-order valence-corrected chi connectivity index (χ2v) is 9.37. The molecule has 0 amide bonds. The molecule has 7 nitrogen and oxygen atoms in total. The van der Waals surface area contributed by atoms with Crippen LogP contribution in [0.1, 0.15) is 47.5 Å². The largest absolute Gasteiger partial charge is 0.376 e. The van der Waals surface area contributed by atoms with Gasteiger partial charge < -0.3 is 10.1 Å². The lowest BCUT2D eigenvalue weighted by atomic mass is 10.0. The van der Waals surface area contributed by atoms with Crippen LogP contribution in [0.5, 0.6) is 0 Å². The van der Waals surface area contributed by atoms with Crippen LogP contribution >= 0.6 is 11.3 Å². The Kier molecular flexibility index (Phi) is 5.65. The third kappa shape index (κ3) is 4.25. The van der Waals surface area contributed by atoms with E-state index in [4.69, 9.17) is 9.72 Å². The summed E-state index contributed by atoms with van der Waals surface area (Å²) in [6.07, 6.45) is 8.08. The fourth-order valence-electron chi connectivity index (χ4n) is 4.69. The van der Waals surface area contributed by atoms with Gasteiger partial charge in [0.05, 0.1) is 31.1 Å². The molecule has 1 fully saturated rings. The normalized spacial score (nSPS) is 21.7. The standard InChI is InChI=1S/C21H29N5O2S/c27-20-12-15-14-28-11-7-17(15)24-26(20)10-9-25-8-2-1-4-16(25)13-22-21-23-18-5-3-6-19(18)29-21/h12,16H,1-11,13-14H2,(H,22,23). The van der Waals surface area contributed by atoms with E-state index in [1.807, 2.05) is 11.3 Å². The molecule has 29 heavy (non-hydrogen) atoms. The second kappa shape index (κ2) is 8.53. The van der Waals surface area contributed by atoms with Gasteiger partial charge >= 0.3 is 0 Å². The number of piperidine rings is 1. The Morgan fingerprint density at radius 1 is 1.17 bits per heavy atom. The third-order valence-electron chi connectivity index (χ3n) is 6.34. The molecule has 1 N–H and O–H groups in total. The van der Waals surface area contributed by atoms with Crippen molar-refractivity contribution in [3.63, 3.8) is 0 Å². The first-order valence-corrected chi connectivity index (χ1v) is 11.7. The molecule has 2 aromatic rings. The van der Waals surface area contributed by atoms with Crippen LogP contribution in [0.2, 0.25) is 0 Å². The second-order valence-electron chi connectivity index (χ2n) is 8.29. The third-order valence-corrected chi connectivity index (χ3v) is 7.45. The molecule has 5 rings (SSSR count). The highest BCUT2D eigenvalue weighted by Gasteiger charge is 2.24. The molecular formula is C21H29N5O2S. The molecule has 1 unspecified atom stereocenters. The Balaban J connectivity index is 1.20. The summed E-state index contributed by atoms with van der Waals surface area (Å²) in [5.41, 5.74) is 3.26. The van der Waals surface area contributed by atoms with Gasteiger partial charge in [-0.15, -0.1) is 11.3 Å². The monoisotopic (exact) mass is 415 g/mol. The summed E-state index contributed by atoms with van der Waals surface area (Å²) in [6, 6.07) is 2.20. The first-order valence-electron chi connectivity index (χ1n) is 10.9. The first-order chi connectivity index (χ1) is 14.3. The van der Waals surface area contributed by atoms with Crippen molar-refractivity contribution in [1.29, 1.82) is 0 Å². The van der Waals surface area contributed by atoms with Crippen LogP contribution in [0.4, 0.5) is 5.13 Å². The van der Waals surface area contributed by atoms with E-state index in [-0.39, 0.29) is 5.56 Å². The van der Waals surface area contributed by atoms with E-state index in [0.29, 0.717) is 25.8 Å². The lowest BCUT2D eigenvalue weighted by molar-refractivity contribution is 0.107. The molecule has 4 heterocycles. The van der Waals surface area contributed by atoms with Crippen molar-refractivity contribution in [3.05, 3.63) is 38.2 Å². The zero-order valence-electron chi connectivity index (χ0n) is 16.9. The maximum absolute atomic E-state index is 12.4. The molecule has 156 valence electrons. The van der Waals surface area contributed by atoms with Gasteiger partial charge in [0.25, 0.3) is 5.56 Å². The summed E-state index contributed by atoms with van der Waals surface area (Å²) in [5, 5.41) is 9.29. The average molecular weight is 416 g/mol. The minimum atomic E-state index is -0.0155. The molecule has 1 saturated heterocycles. The smallest absolute Gasteiger partial charge is 0.267 e. The number of nitrogens with zero attached hydrogens (tertiary/aromatic N) is 4. The Morgan fingerprint density at radius 3 is 3.07 bits per heavy atom. The Labute approximate surface area is 175 Å². The highest BCUT2D eigenvalue weighted by Crippen LogP contribution is 2.30. The van der Waals surface area contributed by atoms with Gasteiger partial charge in [-0.25, -0.2) is 9.67 Å². The van der Waals surface area contributed by atoms with E-state index in [0.717, 1.165) is 48.9 Å². The molecule has 0 saturated carbocycles. The number of fused-ring (bicyclic) bond motifs is 2. The van der Waals surface area contributed by atoms with Crippen molar-refractivity contribution in [1.82, 2.24) is 19.7 Å². The van der Waals surface area contributed by atoms with Crippen molar-refractivity contribution in [2.24, 2.45) is 0 Å². The predicted molar refractivity (Wildman–Crippen MR) is 114 cm³/mol. The molecule has 2 aromatic heterocycles. The number of hydrogen-bond acceptors (Lipinski definition) is 7. The summed E-state index contributed by atoms with van der Waals surface area (Å²) in [5.74, 6) is 0. The van der Waals surface area contributed by atoms with Crippen molar-refractivity contribution < 1.29 is 4.74 Å². The molecule has 3 aliphatic rings. The van der Waals surface area contributed by atoms with E-state index < -0.39 is 0 Å². The number of thiazole rings is 1. The van der Waals surface area contributed by atoms with E-state index in [1.54, 1.807) is 10.7 Å². The number of aromatic nitrogens is 3. The molecule has 0 bridgehead atoms. The van der Waals surface area contributed by atoms with Crippen molar-refractivity contribution >= 4 is 16.5 Å². The molecule has 1 aliphatic carbocycles. The number of likely N-dealkylation sites (tertiary alicyclic amines) is 1. The van der Waals surface area contributed by atoms with Crippen LogP contribution in [0, 0.1) is 0 Å².